The van der Waals surface area contributed by atoms with Crippen LogP contribution in [0.3, 0.4) is 0 Å². The molecule has 0 fully saturated rings. The molecule has 0 aliphatic carbocycles. The molecule has 0 aliphatic heterocycles. The number of likely N-dealkylation sites (N-methyl/N-ethyl adjacent to an activating group) is 1. The Bertz CT molecular complexity index is 710. The zero-order valence-corrected chi connectivity index (χ0v) is 15.0. The third-order valence-corrected chi connectivity index (χ3v) is 4.52. The topological polar surface area (TPSA) is 100 Å². The van der Waals surface area contributed by atoms with Crippen molar-refractivity contribution in [3.05, 3.63) is 36.0 Å². The zero-order valence-electron chi connectivity index (χ0n) is 15.0. The monoisotopic (exact) mass is 344 g/mol. The molecule has 1 aromatic heterocycles. The first-order valence-electron chi connectivity index (χ1n) is 8.83. The number of rotatable bonds is 9. The summed E-state index contributed by atoms with van der Waals surface area (Å²) in [6.45, 7) is 2.52. The molecular formula is C19H28N4O2. The van der Waals surface area contributed by atoms with E-state index in [0.717, 1.165) is 35.7 Å². The van der Waals surface area contributed by atoms with Crippen LogP contribution in [0.5, 0.6) is 0 Å². The van der Waals surface area contributed by atoms with Crippen LogP contribution in [0, 0.1) is 5.92 Å². The first-order chi connectivity index (χ1) is 12.1. The lowest BCUT2D eigenvalue weighted by Crippen LogP contribution is -2.48. The van der Waals surface area contributed by atoms with E-state index < -0.39 is 6.04 Å². The standard InChI is InChI=1S/C19H28N4O2/c1-13(7-5-6-10-20)18(24)23-17(19(25)21-2)11-14-12-22-16-9-4-3-8-15(14)16/h3-4,8-9,12-13,17,22H,5-7,10-11,20H2,1-2H3,(H,21,25)(H,23,24)/t13-,17?/m0/s1. The quantitative estimate of drug-likeness (QED) is 0.521. The van der Waals surface area contributed by atoms with Gasteiger partial charge in [0.1, 0.15) is 6.04 Å². The van der Waals surface area contributed by atoms with Gasteiger partial charge < -0.3 is 21.4 Å². The maximum absolute atomic E-state index is 12.4. The lowest BCUT2D eigenvalue weighted by Gasteiger charge is -2.20. The molecule has 1 heterocycles. The van der Waals surface area contributed by atoms with Crippen LogP contribution in [0.25, 0.3) is 10.9 Å². The van der Waals surface area contributed by atoms with Gasteiger partial charge >= 0.3 is 0 Å². The fraction of sp³-hybridized carbons (Fsp3) is 0.474. The smallest absolute Gasteiger partial charge is 0.242 e. The second kappa shape index (κ2) is 9.22. The number of unbranched alkanes of at least 4 members (excludes halogenated alkanes) is 1. The molecule has 136 valence electrons. The van der Waals surface area contributed by atoms with Crippen molar-refractivity contribution in [1.29, 1.82) is 0 Å². The summed E-state index contributed by atoms with van der Waals surface area (Å²) in [6.07, 6.45) is 4.95. The van der Waals surface area contributed by atoms with Gasteiger partial charge in [0, 0.05) is 36.5 Å². The number of nitrogens with one attached hydrogen (secondary N) is 3. The van der Waals surface area contributed by atoms with Crippen molar-refractivity contribution in [1.82, 2.24) is 15.6 Å². The van der Waals surface area contributed by atoms with Crippen molar-refractivity contribution >= 4 is 22.7 Å². The van der Waals surface area contributed by atoms with Gasteiger partial charge in [-0.15, -0.1) is 0 Å². The van der Waals surface area contributed by atoms with E-state index in [9.17, 15) is 9.59 Å². The van der Waals surface area contributed by atoms with Crippen LogP contribution in [0.4, 0.5) is 0 Å². The number of aromatic nitrogens is 1. The minimum absolute atomic E-state index is 0.0922. The van der Waals surface area contributed by atoms with Gasteiger partial charge in [0.2, 0.25) is 11.8 Å². The molecule has 5 N–H and O–H groups in total. The Balaban J connectivity index is 2.06. The van der Waals surface area contributed by atoms with E-state index in [-0.39, 0.29) is 17.7 Å². The van der Waals surface area contributed by atoms with Crippen LogP contribution in [0.15, 0.2) is 30.5 Å². The summed E-state index contributed by atoms with van der Waals surface area (Å²) in [6, 6.07) is 7.34. The molecule has 6 nitrogen and oxygen atoms in total. The largest absolute Gasteiger partial charge is 0.361 e. The maximum Gasteiger partial charge on any atom is 0.242 e. The summed E-state index contributed by atoms with van der Waals surface area (Å²) in [5.41, 5.74) is 7.53. The Hall–Kier alpha value is -2.34. The van der Waals surface area contributed by atoms with Gasteiger partial charge in [-0.2, -0.15) is 0 Å². The number of amides is 2. The molecule has 0 aliphatic rings. The normalized spacial score (nSPS) is 13.4. The van der Waals surface area contributed by atoms with Gasteiger partial charge in [0.05, 0.1) is 0 Å². The average molecular weight is 344 g/mol. The van der Waals surface area contributed by atoms with Crippen LogP contribution in [0.2, 0.25) is 0 Å². The van der Waals surface area contributed by atoms with E-state index in [1.54, 1.807) is 7.05 Å². The summed E-state index contributed by atoms with van der Waals surface area (Å²) in [5.74, 6) is -0.417. The highest BCUT2D eigenvalue weighted by atomic mass is 16.2. The fourth-order valence-electron chi connectivity index (χ4n) is 2.94. The highest BCUT2D eigenvalue weighted by Crippen LogP contribution is 2.19. The maximum atomic E-state index is 12.4. The minimum atomic E-state index is -0.589. The van der Waals surface area contributed by atoms with Crippen LogP contribution < -0.4 is 16.4 Å². The minimum Gasteiger partial charge on any atom is -0.361 e. The van der Waals surface area contributed by atoms with Crippen LogP contribution in [-0.2, 0) is 16.0 Å². The van der Waals surface area contributed by atoms with E-state index in [4.69, 9.17) is 5.73 Å². The summed E-state index contributed by atoms with van der Waals surface area (Å²) in [5, 5.41) is 6.61. The van der Waals surface area contributed by atoms with E-state index >= 15 is 0 Å². The zero-order chi connectivity index (χ0) is 18.2. The number of carbonyl (C=O) groups is 2. The molecule has 0 radical (unpaired) electrons. The van der Waals surface area contributed by atoms with E-state index in [0.29, 0.717) is 13.0 Å². The SMILES string of the molecule is CNC(=O)C(Cc1c[nH]c2ccccc12)NC(=O)[C@@H](C)CCCCN. The van der Waals surface area contributed by atoms with E-state index in [1.165, 1.54) is 0 Å². The van der Waals surface area contributed by atoms with Crippen molar-refractivity contribution in [3.63, 3.8) is 0 Å². The third kappa shape index (κ3) is 5.06. The van der Waals surface area contributed by atoms with Gasteiger partial charge in [-0.1, -0.05) is 31.5 Å². The predicted molar refractivity (Wildman–Crippen MR) is 100 cm³/mol. The Morgan fingerprint density at radius 1 is 1.20 bits per heavy atom. The number of hydrogen-bond donors (Lipinski definition) is 4. The number of benzene rings is 1. The summed E-state index contributed by atoms with van der Waals surface area (Å²) in [4.78, 5) is 27.9. The van der Waals surface area contributed by atoms with Gasteiger partial charge in [-0.3, -0.25) is 9.59 Å². The van der Waals surface area contributed by atoms with Crippen molar-refractivity contribution < 1.29 is 9.59 Å². The molecular weight excluding hydrogens is 316 g/mol. The first kappa shape index (κ1) is 19.0. The Morgan fingerprint density at radius 3 is 2.68 bits per heavy atom. The highest BCUT2D eigenvalue weighted by Gasteiger charge is 2.23. The van der Waals surface area contributed by atoms with Crippen molar-refractivity contribution in [2.75, 3.05) is 13.6 Å². The van der Waals surface area contributed by atoms with Crippen LogP contribution >= 0.6 is 0 Å². The second-order valence-electron chi connectivity index (χ2n) is 6.42. The molecule has 1 aromatic carbocycles. The molecule has 6 heteroatoms. The second-order valence-corrected chi connectivity index (χ2v) is 6.42. The number of carbonyl (C=O) groups excluding carboxylic acids is 2. The summed E-state index contributed by atoms with van der Waals surface area (Å²) < 4.78 is 0. The highest BCUT2D eigenvalue weighted by molar-refractivity contribution is 5.90. The lowest BCUT2D eigenvalue weighted by atomic mass is 10.0. The van der Waals surface area contributed by atoms with Crippen LogP contribution in [-0.4, -0.2) is 36.4 Å². The molecule has 0 spiro atoms. The van der Waals surface area contributed by atoms with Crippen molar-refractivity contribution in [3.8, 4) is 0 Å². The molecule has 0 saturated heterocycles. The Kier molecular flexibility index (Phi) is 7.01. The van der Waals surface area contributed by atoms with Crippen LogP contribution in [0.1, 0.15) is 31.7 Å². The van der Waals surface area contributed by atoms with Gasteiger partial charge in [0.15, 0.2) is 0 Å². The van der Waals surface area contributed by atoms with Gasteiger partial charge in [-0.05, 0) is 31.0 Å². The molecule has 25 heavy (non-hydrogen) atoms. The first-order valence-corrected chi connectivity index (χ1v) is 8.83. The van der Waals surface area contributed by atoms with Gasteiger partial charge in [0.25, 0.3) is 0 Å². The van der Waals surface area contributed by atoms with Crippen molar-refractivity contribution in [2.24, 2.45) is 11.7 Å². The molecule has 0 saturated carbocycles. The number of H-pyrrole nitrogens is 1. The number of fused-ring (bicyclic) bond motifs is 1. The molecule has 0 bridgehead atoms. The Morgan fingerprint density at radius 2 is 1.96 bits per heavy atom. The molecule has 2 amide bonds. The molecule has 1 unspecified atom stereocenters. The molecule has 2 aromatic rings. The van der Waals surface area contributed by atoms with Crippen molar-refractivity contribution in [2.45, 2.75) is 38.6 Å². The average Bonchev–Trinajstić information content (AvgIpc) is 3.03. The lowest BCUT2D eigenvalue weighted by molar-refractivity contribution is -0.130. The molecule has 2 atom stereocenters. The fourth-order valence-corrected chi connectivity index (χ4v) is 2.94. The number of para-hydroxylation sites is 1. The van der Waals surface area contributed by atoms with Gasteiger partial charge in [-0.25, -0.2) is 0 Å². The summed E-state index contributed by atoms with van der Waals surface area (Å²) in [7, 11) is 1.58. The number of nitrogens with two attached hydrogens (primary N) is 1. The predicted octanol–water partition coefficient (Wildman–Crippen LogP) is 1.71. The van der Waals surface area contributed by atoms with E-state index in [2.05, 4.69) is 15.6 Å². The number of hydrogen-bond acceptors (Lipinski definition) is 3. The third-order valence-electron chi connectivity index (χ3n) is 4.52. The summed E-state index contributed by atoms with van der Waals surface area (Å²) >= 11 is 0. The number of aromatic amines is 1. The van der Waals surface area contributed by atoms with E-state index in [1.807, 2.05) is 37.4 Å². The molecule has 2 rings (SSSR count). The Labute approximate surface area is 148 Å².